The summed E-state index contributed by atoms with van der Waals surface area (Å²) < 4.78 is 74.9. The summed E-state index contributed by atoms with van der Waals surface area (Å²) in [5.41, 5.74) is -5.04. The minimum atomic E-state index is -5.70. The quantitative estimate of drug-likeness (QED) is 0.0981. The van der Waals surface area contributed by atoms with E-state index < -0.39 is 86.7 Å². The highest BCUT2D eigenvalue weighted by atomic mass is 31.2. The third-order valence-electron chi connectivity index (χ3n) is 11.2. The number of carbonyl (C=O) groups is 5. The van der Waals surface area contributed by atoms with Crippen molar-refractivity contribution in [3.8, 4) is 6.07 Å². The Bertz CT molecular complexity index is 2360. The summed E-state index contributed by atoms with van der Waals surface area (Å²) in [6.07, 6.45) is 0.885. The lowest BCUT2D eigenvalue weighted by Crippen LogP contribution is -2.56. The van der Waals surface area contributed by atoms with Crippen molar-refractivity contribution in [2.24, 2.45) is 5.92 Å². The van der Waals surface area contributed by atoms with Crippen LogP contribution in [0.15, 0.2) is 59.5 Å². The lowest BCUT2D eigenvalue weighted by Gasteiger charge is -2.36. The molecule has 21 heteroatoms. The number of fused-ring (bicyclic) bond motifs is 2. The van der Waals surface area contributed by atoms with Gasteiger partial charge in [0.25, 0.3) is 5.91 Å². The highest BCUT2D eigenvalue weighted by Crippen LogP contribution is 2.67. The number of H-pyrrole nitrogens is 1. The topological polar surface area (TPSA) is 233 Å². The second kappa shape index (κ2) is 20.3. The van der Waals surface area contributed by atoms with Crippen molar-refractivity contribution >= 4 is 48.4 Å². The number of amides is 3. The molecular weight excluding hydrogens is 863 g/mol. The number of halogens is 2. The number of carbonyl (C=O) groups excluding carboxylic acids is 5. The first kappa shape index (κ1) is 47.6. The number of benzene rings is 2. The Labute approximate surface area is 366 Å². The summed E-state index contributed by atoms with van der Waals surface area (Å²) in [5, 5.41) is 13.2. The number of ether oxygens (including phenoxy) is 4. The standard InChI is InChI=1S/C43H50F2N5O13P/c1-25(2)62-41(55)58-23-60-64(57,61-24-59-42(56)63-26(3)4)43(44,45)32-12-11-27-9-10-29(17-30(27)18-32)38(52)48-35-8-6-5-7-33-13-14-36(50(33)39(35)53)40(54)49-21-31(20-46)34(22-49)28-15-16-47-37(51)19-28/h9-12,15-19,25-26,31,33-36H,5-8,13-14,21-24H2,1-4H3,(H,47,51)(H,48,52)/t31-,33+,34+,35+,36+/m1/s1. The Morgan fingerprint density at radius 3 is 2.17 bits per heavy atom. The van der Waals surface area contributed by atoms with E-state index in [0.717, 1.165) is 18.6 Å². The van der Waals surface area contributed by atoms with Crippen LogP contribution in [0.3, 0.4) is 0 Å². The average Bonchev–Trinajstić information content (AvgIpc) is 3.87. The normalized spacial score (nSPS) is 21.5. The van der Waals surface area contributed by atoms with E-state index >= 15 is 8.78 Å². The van der Waals surface area contributed by atoms with Crippen molar-refractivity contribution in [3.63, 3.8) is 0 Å². The fourth-order valence-corrected chi connectivity index (χ4v) is 9.41. The molecule has 3 fully saturated rings. The molecule has 64 heavy (non-hydrogen) atoms. The molecular formula is C43H50F2N5O13P. The average molecular weight is 914 g/mol. The van der Waals surface area contributed by atoms with Gasteiger partial charge in [0.2, 0.25) is 31.0 Å². The highest BCUT2D eigenvalue weighted by molar-refractivity contribution is 7.54. The van der Waals surface area contributed by atoms with Crippen LogP contribution in [-0.2, 0) is 47.8 Å². The predicted molar refractivity (Wildman–Crippen MR) is 222 cm³/mol. The summed E-state index contributed by atoms with van der Waals surface area (Å²) in [6, 6.07) is 10.7. The number of hydrogen-bond acceptors (Lipinski definition) is 14. The number of rotatable bonds is 14. The highest BCUT2D eigenvalue weighted by Gasteiger charge is 2.56. The van der Waals surface area contributed by atoms with Crippen LogP contribution in [0.5, 0.6) is 0 Å². The molecule has 0 bridgehead atoms. The van der Waals surface area contributed by atoms with E-state index in [2.05, 4.69) is 25.8 Å². The molecule has 5 atom stereocenters. The number of pyridine rings is 1. The summed E-state index contributed by atoms with van der Waals surface area (Å²) >= 11 is 0. The van der Waals surface area contributed by atoms with Crippen molar-refractivity contribution in [1.82, 2.24) is 20.1 Å². The Kier molecular flexibility index (Phi) is 15.1. The SMILES string of the molecule is CC(C)OC(=O)OCOP(=O)(OCOC(=O)OC(C)C)C(F)(F)c1ccc2ccc(C(=O)N[C@H]3CCCC[C@H]4CC[C@@H](C(=O)N5C[C@@H](C#N)[C@H](c6cc[nH]c(=O)c6)C5)N4C3=O)cc2c1. The molecule has 0 aliphatic carbocycles. The lowest BCUT2D eigenvalue weighted by atomic mass is 9.91. The van der Waals surface area contributed by atoms with E-state index in [9.17, 15) is 38.6 Å². The molecule has 2 aromatic carbocycles. The Morgan fingerprint density at radius 2 is 1.53 bits per heavy atom. The van der Waals surface area contributed by atoms with Crippen LogP contribution in [0, 0.1) is 17.2 Å². The summed E-state index contributed by atoms with van der Waals surface area (Å²) in [5.74, 6) is -2.38. The Hall–Kier alpha value is -5.90. The second-order valence-electron chi connectivity index (χ2n) is 16.3. The molecule has 18 nitrogen and oxygen atoms in total. The van der Waals surface area contributed by atoms with Crippen LogP contribution < -0.4 is 10.9 Å². The zero-order chi connectivity index (χ0) is 46.3. The lowest BCUT2D eigenvalue weighted by molar-refractivity contribution is -0.146. The van der Waals surface area contributed by atoms with Gasteiger partial charge >= 0.3 is 25.6 Å². The molecule has 3 amide bonds. The number of nitrogens with zero attached hydrogens (tertiary/aromatic N) is 3. The minimum Gasteiger partial charge on any atom is -0.432 e. The van der Waals surface area contributed by atoms with E-state index in [1.54, 1.807) is 15.9 Å². The molecule has 2 N–H and O–H groups in total. The Balaban J connectivity index is 1.18. The van der Waals surface area contributed by atoms with Crippen LogP contribution >= 0.6 is 7.60 Å². The van der Waals surface area contributed by atoms with Crippen molar-refractivity contribution < 1.29 is 65.3 Å². The van der Waals surface area contributed by atoms with Gasteiger partial charge in [-0.05, 0) is 94.0 Å². The zero-order valence-electron chi connectivity index (χ0n) is 35.7. The van der Waals surface area contributed by atoms with Crippen molar-refractivity contribution in [1.29, 1.82) is 5.26 Å². The molecule has 0 spiro atoms. The van der Waals surface area contributed by atoms with Crippen LogP contribution in [0.2, 0.25) is 0 Å². The van der Waals surface area contributed by atoms with Gasteiger partial charge < -0.3 is 39.0 Å². The predicted octanol–water partition coefficient (Wildman–Crippen LogP) is 6.64. The number of hydrogen-bond donors (Lipinski definition) is 2. The van der Waals surface area contributed by atoms with E-state index in [1.807, 2.05) is 0 Å². The van der Waals surface area contributed by atoms with Crippen molar-refractivity contribution in [2.45, 2.75) is 108 Å². The molecule has 4 heterocycles. The van der Waals surface area contributed by atoms with Crippen LogP contribution in [0.4, 0.5) is 18.4 Å². The molecule has 3 aromatic rings. The van der Waals surface area contributed by atoms with Gasteiger partial charge in [-0.2, -0.15) is 14.0 Å². The third kappa shape index (κ3) is 10.9. The van der Waals surface area contributed by atoms with Crippen molar-refractivity contribution in [2.75, 3.05) is 26.7 Å². The molecule has 3 aliphatic heterocycles. The maximum Gasteiger partial charge on any atom is 0.510 e. The van der Waals surface area contributed by atoms with Gasteiger partial charge in [0.1, 0.15) is 12.1 Å². The molecule has 0 saturated carbocycles. The molecule has 0 unspecified atom stereocenters. The molecule has 344 valence electrons. The first-order valence-corrected chi connectivity index (χ1v) is 22.4. The van der Waals surface area contributed by atoms with Crippen LogP contribution in [0.1, 0.15) is 93.6 Å². The van der Waals surface area contributed by atoms with Gasteiger partial charge in [-0.1, -0.05) is 31.0 Å². The number of likely N-dealkylation sites (tertiary alicyclic amines) is 1. The van der Waals surface area contributed by atoms with Crippen molar-refractivity contribution in [3.05, 3.63) is 81.8 Å². The van der Waals surface area contributed by atoms with E-state index in [1.165, 1.54) is 64.2 Å². The fraction of sp³-hybridized carbons (Fsp3) is 0.512. The van der Waals surface area contributed by atoms with Crippen LogP contribution in [0.25, 0.3) is 10.8 Å². The largest absolute Gasteiger partial charge is 0.510 e. The Morgan fingerprint density at radius 1 is 0.875 bits per heavy atom. The molecule has 3 aliphatic rings. The van der Waals surface area contributed by atoms with Crippen LogP contribution in [-0.4, -0.2) is 102 Å². The maximum absolute atomic E-state index is 16.3. The third-order valence-corrected chi connectivity index (χ3v) is 13.0. The summed E-state index contributed by atoms with van der Waals surface area (Å²) in [4.78, 5) is 83.8. The second-order valence-corrected chi connectivity index (χ2v) is 18.4. The molecule has 0 radical (unpaired) electrons. The maximum atomic E-state index is 16.3. The monoisotopic (exact) mass is 913 g/mol. The molecule has 1 aromatic heterocycles. The van der Waals surface area contributed by atoms with Gasteiger partial charge in [0, 0.05) is 48.4 Å². The molecule has 3 saturated heterocycles. The molecule has 6 rings (SSSR count). The van der Waals surface area contributed by atoms with Gasteiger partial charge in [0.05, 0.1) is 24.2 Å². The first-order chi connectivity index (χ1) is 30.4. The fourth-order valence-electron chi connectivity index (χ4n) is 8.18. The number of nitriles is 1. The zero-order valence-corrected chi connectivity index (χ0v) is 36.6. The van der Waals surface area contributed by atoms with E-state index in [0.29, 0.717) is 36.6 Å². The number of aromatic nitrogens is 1. The minimum absolute atomic E-state index is 0.00337. The van der Waals surface area contributed by atoms with E-state index in [-0.39, 0.29) is 53.9 Å². The number of alkyl halides is 2. The first-order valence-electron chi connectivity index (χ1n) is 20.9. The van der Waals surface area contributed by atoms with Gasteiger partial charge in [-0.15, -0.1) is 0 Å². The van der Waals surface area contributed by atoms with Gasteiger partial charge in [-0.3, -0.25) is 32.8 Å². The number of nitrogens with one attached hydrogen (secondary N) is 2. The van der Waals surface area contributed by atoms with Gasteiger partial charge in [0.15, 0.2) is 0 Å². The summed E-state index contributed by atoms with van der Waals surface area (Å²) in [6.45, 7) is 3.76. The number of aromatic amines is 1. The summed E-state index contributed by atoms with van der Waals surface area (Å²) in [7, 11) is -5.70. The van der Waals surface area contributed by atoms with E-state index in [4.69, 9.17) is 18.5 Å². The smallest absolute Gasteiger partial charge is 0.432 e. The van der Waals surface area contributed by atoms with Gasteiger partial charge in [-0.25, -0.2) is 9.59 Å².